The molecule has 0 bridgehead atoms. The molecule has 0 rings (SSSR count). The molecule has 0 saturated heterocycles. The average molecular weight is 212 g/mol. The van der Waals surface area contributed by atoms with E-state index in [2.05, 4.69) is 15.6 Å². The smallest absolute Gasteiger partial charge is 0.394 e. The van der Waals surface area contributed by atoms with Gasteiger partial charge in [-0.05, 0) is 0 Å². The second kappa shape index (κ2) is 6.26. The Labute approximate surface area is 76.0 Å². The van der Waals surface area contributed by atoms with Gasteiger partial charge >= 0.3 is 7.82 Å². The molecule has 0 aliphatic carbocycles. The quantitative estimate of drug-likeness (QED) is 0.394. The summed E-state index contributed by atoms with van der Waals surface area (Å²) >= 11 is 0. The maximum Gasteiger partial charge on any atom is 0.472 e. The van der Waals surface area contributed by atoms with Crippen LogP contribution in [0.1, 0.15) is 0 Å². The van der Waals surface area contributed by atoms with Gasteiger partial charge in [0.25, 0.3) is 0 Å². The Morgan fingerprint density at radius 3 is 2.62 bits per heavy atom. The molecule has 0 radical (unpaired) electrons. The summed E-state index contributed by atoms with van der Waals surface area (Å²) in [5.74, 6) is 0. The minimum absolute atomic E-state index is 0.122. The zero-order valence-corrected chi connectivity index (χ0v) is 7.89. The molecular weight excluding hydrogens is 199 g/mol. The van der Waals surface area contributed by atoms with Gasteiger partial charge in [-0.2, -0.15) is 0 Å². The summed E-state index contributed by atoms with van der Waals surface area (Å²) in [6.07, 6.45) is 0.0992. The van der Waals surface area contributed by atoms with E-state index >= 15 is 0 Å². The van der Waals surface area contributed by atoms with Crippen LogP contribution in [0.3, 0.4) is 0 Å². The zero-order chi connectivity index (χ0) is 10.3. The highest BCUT2D eigenvalue weighted by Crippen LogP contribution is 2.42. The highest BCUT2D eigenvalue weighted by molar-refractivity contribution is 7.47. The second-order valence-corrected chi connectivity index (χ2v) is 3.64. The van der Waals surface area contributed by atoms with Crippen molar-refractivity contribution in [1.29, 1.82) is 0 Å². The molecule has 3 N–H and O–H groups in total. The molecule has 13 heavy (non-hydrogen) atoms. The molecule has 0 heterocycles. The van der Waals surface area contributed by atoms with Gasteiger partial charge in [-0.15, -0.1) is 6.58 Å². The summed E-state index contributed by atoms with van der Waals surface area (Å²) in [7, 11) is -4.12. The van der Waals surface area contributed by atoms with Crippen LogP contribution in [0.25, 0.3) is 0 Å². The third-order valence-electron chi connectivity index (χ3n) is 0.996. The van der Waals surface area contributed by atoms with Crippen molar-refractivity contribution in [3.05, 3.63) is 12.7 Å². The summed E-state index contributed by atoms with van der Waals surface area (Å²) in [6.45, 7) is 2.15. The van der Waals surface area contributed by atoms with E-state index in [4.69, 9.17) is 15.1 Å². The molecular formula is C6H13O6P. The summed E-state index contributed by atoms with van der Waals surface area (Å²) in [6, 6.07) is 0. The Morgan fingerprint density at radius 1 is 1.54 bits per heavy atom. The topological polar surface area (TPSA) is 96.2 Å². The van der Waals surface area contributed by atoms with E-state index in [9.17, 15) is 4.57 Å². The molecule has 0 amide bonds. The van der Waals surface area contributed by atoms with Crippen molar-refractivity contribution in [3.63, 3.8) is 0 Å². The maximum absolute atomic E-state index is 10.9. The summed E-state index contributed by atoms with van der Waals surface area (Å²) in [5.41, 5.74) is 0. The maximum atomic E-state index is 10.9. The SMILES string of the molecule is C=CCOP(=O)(O)OC[C@H](O)CO. The first-order chi connectivity index (χ1) is 6.02. The number of rotatable bonds is 7. The standard InChI is InChI=1S/C6H13O6P/c1-2-3-11-13(9,10)12-5-6(8)4-7/h2,6-8H,1,3-5H2,(H,9,10)/t6-/m1/s1. The predicted molar refractivity (Wildman–Crippen MR) is 45.0 cm³/mol. The van der Waals surface area contributed by atoms with Gasteiger partial charge in [-0.25, -0.2) is 4.57 Å². The molecule has 78 valence electrons. The molecule has 0 saturated carbocycles. The summed E-state index contributed by atoms with van der Waals surface area (Å²) < 4.78 is 19.5. The Morgan fingerprint density at radius 2 is 2.15 bits per heavy atom. The lowest BCUT2D eigenvalue weighted by atomic mass is 10.4. The molecule has 0 fully saturated rings. The van der Waals surface area contributed by atoms with Gasteiger partial charge in [-0.1, -0.05) is 6.08 Å². The monoisotopic (exact) mass is 212 g/mol. The van der Waals surface area contributed by atoms with Crippen LogP contribution in [0.4, 0.5) is 0 Å². The van der Waals surface area contributed by atoms with Gasteiger partial charge in [0.15, 0.2) is 0 Å². The highest BCUT2D eigenvalue weighted by atomic mass is 31.2. The number of hydrogen-bond donors (Lipinski definition) is 3. The van der Waals surface area contributed by atoms with E-state index in [1.54, 1.807) is 0 Å². The molecule has 2 atom stereocenters. The Balaban J connectivity index is 3.74. The lowest BCUT2D eigenvalue weighted by Crippen LogP contribution is -2.18. The summed E-state index contributed by atoms with van der Waals surface area (Å²) in [4.78, 5) is 8.86. The normalized spacial score (nSPS) is 17.8. The van der Waals surface area contributed by atoms with Crippen LogP contribution in [-0.2, 0) is 13.6 Å². The van der Waals surface area contributed by atoms with E-state index in [0.717, 1.165) is 0 Å². The number of phosphoric ester groups is 1. The van der Waals surface area contributed by atoms with Gasteiger partial charge in [0.05, 0.1) is 19.8 Å². The molecule has 0 aliphatic heterocycles. The van der Waals surface area contributed by atoms with Gasteiger partial charge < -0.3 is 15.1 Å². The van der Waals surface area contributed by atoms with Gasteiger partial charge in [-0.3, -0.25) is 9.05 Å². The minimum Gasteiger partial charge on any atom is -0.394 e. The Hall–Kier alpha value is -0.230. The Kier molecular flexibility index (Phi) is 6.15. The van der Waals surface area contributed by atoms with Gasteiger partial charge in [0.2, 0.25) is 0 Å². The van der Waals surface area contributed by atoms with Crippen LogP contribution < -0.4 is 0 Å². The predicted octanol–water partition coefficient (Wildman–Crippen LogP) is -0.341. The largest absolute Gasteiger partial charge is 0.472 e. The van der Waals surface area contributed by atoms with Crippen molar-refractivity contribution in [3.8, 4) is 0 Å². The van der Waals surface area contributed by atoms with Crippen LogP contribution in [0.5, 0.6) is 0 Å². The molecule has 6 nitrogen and oxygen atoms in total. The van der Waals surface area contributed by atoms with E-state index < -0.39 is 27.1 Å². The number of aliphatic hydroxyl groups is 2. The van der Waals surface area contributed by atoms with Crippen LogP contribution in [-0.4, -0.2) is 41.0 Å². The van der Waals surface area contributed by atoms with Crippen molar-refractivity contribution in [2.75, 3.05) is 19.8 Å². The van der Waals surface area contributed by atoms with E-state index in [-0.39, 0.29) is 6.61 Å². The summed E-state index contributed by atoms with van der Waals surface area (Å²) in [5, 5.41) is 17.1. The molecule has 0 aromatic carbocycles. The van der Waals surface area contributed by atoms with E-state index in [1.165, 1.54) is 6.08 Å². The van der Waals surface area contributed by atoms with Crippen molar-refractivity contribution < 1.29 is 28.7 Å². The van der Waals surface area contributed by atoms with E-state index in [1.807, 2.05) is 0 Å². The fourth-order valence-electron chi connectivity index (χ4n) is 0.417. The lowest BCUT2D eigenvalue weighted by molar-refractivity contribution is 0.0377. The molecule has 0 spiro atoms. The fourth-order valence-corrected chi connectivity index (χ4v) is 1.15. The minimum atomic E-state index is -4.12. The highest BCUT2D eigenvalue weighted by Gasteiger charge is 2.21. The van der Waals surface area contributed by atoms with Crippen molar-refractivity contribution in [2.24, 2.45) is 0 Å². The number of aliphatic hydroxyl groups excluding tert-OH is 2. The molecule has 0 aromatic rings. The van der Waals surface area contributed by atoms with Crippen LogP contribution in [0.15, 0.2) is 12.7 Å². The number of phosphoric acid groups is 1. The fraction of sp³-hybridized carbons (Fsp3) is 0.667. The van der Waals surface area contributed by atoms with Gasteiger partial charge in [0, 0.05) is 0 Å². The Bertz CT molecular complexity index is 194. The average Bonchev–Trinajstić information content (AvgIpc) is 2.11. The van der Waals surface area contributed by atoms with Crippen molar-refractivity contribution >= 4 is 7.82 Å². The van der Waals surface area contributed by atoms with Crippen LogP contribution in [0, 0.1) is 0 Å². The third kappa shape index (κ3) is 6.89. The molecule has 0 aliphatic rings. The van der Waals surface area contributed by atoms with Crippen molar-refractivity contribution in [1.82, 2.24) is 0 Å². The van der Waals surface area contributed by atoms with E-state index in [0.29, 0.717) is 0 Å². The van der Waals surface area contributed by atoms with Crippen LogP contribution in [0.2, 0.25) is 0 Å². The number of hydrogen-bond acceptors (Lipinski definition) is 5. The molecule has 1 unspecified atom stereocenters. The first-order valence-electron chi connectivity index (χ1n) is 3.53. The molecule has 0 aromatic heterocycles. The van der Waals surface area contributed by atoms with Crippen molar-refractivity contribution in [2.45, 2.75) is 6.10 Å². The lowest BCUT2D eigenvalue weighted by Gasteiger charge is -2.12. The second-order valence-electron chi connectivity index (χ2n) is 2.19. The first-order valence-corrected chi connectivity index (χ1v) is 5.03. The first kappa shape index (κ1) is 12.8. The molecule has 7 heteroatoms. The van der Waals surface area contributed by atoms with Gasteiger partial charge in [0.1, 0.15) is 6.10 Å². The zero-order valence-electron chi connectivity index (χ0n) is 7.00. The van der Waals surface area contributed by atoms with Crippen LogP contribution >= 0.6 is 7.82 Å². The third-order valence-corrected chi connectivity index (χ3v) is 1.95.